The van der Waals surface area contributed by atoms with E-state index in [1.165, 1.54) is 7.05 Å². The lowest BCUT2D eigenvalue weighted by Gasteiger charge is -2.27. The third kappa shape index (κ3) is 17.8. The van der Waals surface area contributed by atoms with Crippen LogP contribution < -0.4 is 26.6 Å². The van der Waals surface area contributed by atoms with E-state index in [9.17, 15) is 24.0 Å². The number of likely N-dealkylation sites (N-methyl/N-ethyl adjacent to an activating group) is 1. The number of carbonyl (C=O) groups is 5. The first kappa shape index (κ1) is 38.2. The maximum Gasteiger partial charge on any atom is 0.414 e. The average molecular weight is 603 g/mol. The number of alkyl carbamates (subject to hydrolysis) is 3. The van der Waals surface area contributed by atoms with Crippen LogP contribution in [0.4, 0.5) is 14.4 Å². The minimum Gasteiger partial charge on any atom is -0.444 e. The second-order valence-electron chi connectivity index (χ2n) is 12.5. The van der Waals surface area contributed by atoms with Gasteiger partial charge in [0.2, 0.25) is 11.8 Å². The first-order valence-corrected chi connectivity index (χ1v) is 13.8. The van der Waals surface area contributed by atoms with Crippen LogP contribution in [0.3, 0.4) is 0 Å². The zero-order valence-electron chi connectivity index (χ0n) is 27.0. The first-order chi connectivity index (χ1) is 19.1. The van der Waals surface area contributed by atoms with Crippen molar-refractivity contribution in [1.82, 2.24) is 26.6 Å². The third-order valence-corrected chi connectivity index (χ3v) is 4.94. The second kappa shape index (κ2) is 16.6. The highest BCUT2D eigenvalue weighted by Crippen LogP contribution is 2.11. The van der Waals surface area contributed by atoms with Crippen LogP contribution in [-0.2, 0) is 28.6 Å². The van der Waals surface area contributed by atoms with Gasteiger partial charge >= 0.3 is 18.3 Å². The van der Waals surface area contributed by atoms with Crippen molar-refractivity contribution >= 4 is 36.1 Å². The summed E-state index contributed by atoms with van der Waals surface area (Å²) in [5.41, 5.74) is -2.50. The predicted molar refractivity (Wildman–Crippen MR) is 155 cm³/mol. The summed E-state index contributed by atoms with van der Waals surface area (Å²) in [7, 11) is 1.46. The second-order valence-corrected chi connectivity index (χ2v) is 12.5. The molecule has 5 amide bonds. The van der Waals surface area contributed by atoms with Gasteiger partial charge in [0.05, 0.1) is 0 Å². The molecule has 0 aliphatic heterocycles. The molecule has 0 aromatic carbocycles. The van der Waals surface area contributed by atoms with Gasteiger partial charge in [0.1, 0.15) is 35.5 Å². The summed E-state index contributed by atoms with van der Waals surface area (Å²) in [4.78, 5) is 67.8. The van der Waals surface area contributed by atoms with Gasteiger partial charge in [0.15, 0.2) is 0 Å². The van der Waals surface area contributed by atoms with Gasteiger partial charge in [0, 0.05) is 13.5 Å². The lowest BCUT2D eigenvalue weighted by Crippen LogP contribution is -2.56. The average Bonchev–Trinajstić information content (AvgIpc) is 2.79. The SMILES string of the molecule is CC[C@H](C)[C@H](NC(=O)[C@H](CCON=C(NC(=O)OC(C)(C)C)NC(=O)OC(C)(C)C)NC(=O)OC(C)(C)C)C(=O)NC. The van der Waals surface area contributed by atoms with Crippen LogP contribution in [0.25, 0.3) is 0 Å². The summed E-state index contributed by atoms with van der Waals surface area (Å²) in [6.45, 7) is 18.3. The maximum atomic E-state index is 13.2. The van der Waals surface area contributed by atoms with Crippen LogP contribution in [0, 0.1) is 5.92 Å². The smallest absolute Gasteiger partial charge is 0.414 e. The largest absolute Gasteiger partial charge is 0.444 e. The molecule has 0 fully saturated rings. The zero-order valence-corrected chi connectivity index (χ0v) is 27.0. The fourth-order valence-corrected chi connectivity index (χ4v) is 2.99. The lowest BCUT2D eigenvalue weighted by atomic mass is 9.98. The molecule has 242 valence electrons. The molecule has 3 atom stereocenters. The van der Waals surface area contributed by atoms with E-state index in [0.717, 1.165) is 0 Å². The van der Waals surface area contributed by atoms with Crippen molar-refractivity contribution in [3.05, 3.63) is 0 Å². The summed E-state index contributed by atoms with van der Waals surface area (Å²) in [5, 5.41) is 15.9. The molecule has 0 rings (SSSR count). The molecule has 0 aliphatic rings. The first-order valence-electron chi connectivity index (χ1n) is 13.8. The molecule has 0 bridgehead atoms. The molecule has 0 saturated carbocycles. The molecule has 0 aromatic heterocycles. The fraction of sp³-hybridized carbons (Fsp3) is 0.778. The summed E-state index contributed by atoms with van der Waals surface area (Å²) in [6.07, 6.45) is -2.21. The van der Waals surface area contributed by atoms with Crippen LogP contribution in [0.1, 0.15) is 89.0 Å². The highest BCUT2D eigenvalue weighted by atomic mass is 16.6. The van der Waals surface area contributed by atoms with Crippen LogP contribution in [-0.4, -0.2) is 78.6 Å². The topological polar surface area (TPSA) is 195 Å². The number of carbonyl (C=O) groups excluding carboxylic acids is 5. The highest BCUT2D eigenvalue weighted by molar-refractivity contribution is 6.01. The Bertz CT molecular complexity index is 933. The minimum absolute atomic E-state index is 0.123. The normalized spacial score (nSPS) is 13.7. The number of rotatable bonds is 10. The lowest BCUT2D eigenvalue weighted by molar-refractivity contribution is -0.131. The van der Waals surface area contributed by atoms with Gasteiger partial charge in [-0.2, -0.15) is 0 Å². The molecular weight excluding hydrogens is 552 g/mol. The molecule has 0 aromatic rings. The molecule has 15 nitrogen and oxygen atoms in total. The van der Waals surface area contributed by atoms with E-state index in [0.29, 0.717) is 6.42 Å². The quantitative estimate of drug-likeness (QED) is 0.0821. The Morgan fingerprint density at radius 3 is 1.57 bits per heavy atom. The van der Waals surface area contributed by atoms with Crippen molar-refractivity contribution in [2.24, 2.45) is 11.1 Å². The number of hydrogen-bond acceptors (Lipinski definition) is 10. The maximum absolute atomic E-state index is 13.2. The van der Waals surface area contributed by atoms with Crippen molar-refractivity contribution < 1.29 is 43.0 Å². The molecule has 0 aliphatic carbocycles. The number of oxime groups is 1. The molecule has 0 saturated heterocycles. The molecule has 0 heterocycles. The summed E-state index contributed by atoms with van der Waals surface area (Å²) >= 11 is 0. The Hall–Kier alpha value is -3.78. The van der Waals surface area contributed by atoms with Crippen molar-refractivity contribution in [2.75, 3.05) is 13.7 Å². The predicted octanol–water partition coefficient (Wildman–Crippen LogP) is 2.88. The van der Waals surface area contributed by atoms with Crippen molar-refractivity contribution in [2.45, 2.75) is 118 Å². The van der Waals surface area contributed by atoms with Crippen molar-refractivity contribution in [3.8, 4) is 0 Å². The molecule has 15 heteroatoms. The number of nitrogens with zero attached hydrogens (tertiary/aromatic N) is 1. The molecular formula is C27H50N6O9. The molecule has 42 heavy (non-hydrogen) atoms. The standard InChI is InChI=1S/C27H50N6O9/c1-13-16(2)18(20(35)28-12)30-19(34)17(29-22(36)40-25(3,4)5)14-15-39-33-21(31-23(37)41-26(6,7)8)32-24(38)42-27(9,10)11/h16-18H,13-15H2,1-12H3,(H,28,35)(H,29,36)(H,30,34)(H2,31,32,33,37,38)/t16-,17-,18-/m0/s1. The number of guanidine groups is 1. The summed E-state index contributed by atoms with van der Waals surface area (Å²) in [6, 6.07) is -2.04. The van der Waals surface area contributed by atoms with Crippen LogP contribution in [0.5, 0.6) is 0 Å². The zero-order chi connectivity index (χ0) is 32.9. The van der Waals surface area contributed by atoms with E-state index in [1.807, 2.05) is 13.8 Å². The van der Waals surface area contributed by atoms with E-state index >= 15 is 0 Å². The van der Waals surface area contributed by atoms with Gasteiger partial charge < -0.3 is 35.0 Å². The molecule has 5 N–H and O–H groups in total. The van der Waals surface area contributed by atoms with Gasteiger partial charge in [-0.3, -0.25) is 20.2 Å². The Labute approximate surface area is 248 Å². The highest BCUT2D eigenvalue weighted by Gasteiger charge is 2.30. The number of ether oxygens (including phenoxy) is 3. The molecule has 0 spiro atoms. The van der Waals surface area contributed by atoms with Crippen LogP contribution >= 0.6 is 0 Å². The molecule has 0 radical (unpaired) electrons. The summed E-state index contributed by atoms with van der Waals surface area (Å²) in [5.74, 6) is -1.67. The van der Waals surface area contributed by atoms with E-state index in [-0.39, 0.29) is 24.9 Å². The van der Waals surface area contributed by atoms with Crippen LogP contribution in [0.15, 0.2) is 5.16 Å². The Morgan fingerprint density at radius 1 is 0.714 bits per heavy atom. The van der Waals surface area contributed by atoms with Gasteiger partial charge in [-0.25, -0.2) is 14.4 Å². The Balaban J connectivity index is 5.79. The molecule has 0 unspecified atom stereocenters. The van der Waals surface area contributed by atoms with Crippen molar-refractivity contribution in [3.63, 3.8) is 0 Å². The van der Waals surface area contributed by atoms with E-state index in [1.54, 1.807) is 62.3 Å². The Kier molecular flexibility index (Phi) is 15.1. The van der Waals surface area contributed by atoms with Gasteiger partial charge in [-0.15, -0.1) is 0 Å². The summed E-state index contributed by atoms with van der Waals surface area (Å²) < 4.78 is 15.6. The van der Waals surface area contributed by atoms with E-state index in [2.05, 4.69) is 31.7 Å². The van der Waals surface area contributed by atoms with E-state index in [4.69, 9.17) is 19.0 Å². The Morgan fingerprint density at radius 2 is 1.17 bits per heavy atom. The number of hydrogen-bond donors (Lipinski definition) is 5. The van der Waals surface area contributed by atoms with Gasteiger partial charge in [-0.1, -0.05) is 20.3 Å². The number of nitrogens with one attached hydrogen (secondary N) is 5. The third-order valence-electron chi connectivity index (χ3n) is 4.94. The van der Waals surface area contributed by atoms with Crippen LogP contribution in [0.2, 0.25) is 0 Å². The van der Waals surface area contributed by atoms with Gasteiger partial charge in [0.25, 0.3) is 5.96 Å². The number of amides is 5. The van der Waals surface area contributed by atoms with Crippen molar-refractivity contribution in [1.29, 1.82) is 0 Å². The van der Waals surface area contributed by atoms with Gasteiger partial charge in [-0.05, 0) is 73.4 Å². The monoisotopic (exact) mass is 602 g/mol. The van der Waals surface area contributed by atoms with E-state index < -0.39 is 59.0 Å². The minimum atomic E-state index is -1.19. The fourth-order valence-electron chi connectivity index (χ4n) is 2.99.